The van der Waals surface area contributed by atoms with Gasteiger partial charge in [-0.15, -0.1) is 5.10 Å². The lowest BCUT2D eigenvalue weighted by Gasteiger charge is -1.94. The van der Waals surface area contributed by atoms with Gasteiger partial charge in [0.1, 0.15) is 11.4 Å². The van der Waals surface area contributed by atoms with Crippen molar-refractivity contribution in [2.45, 2.75) is 0 Å². The number of carbonyl (C=O) groups is 1. The Morgan fingerprint density at radius 2 is 1.95 bits per heavy atom. The van der Waals surface area contributed by atoms with Crippen LogP contribution in [0.2, 0.25) is 0 Å². The van der Waals surface area contributed by atoms with Crippen LogP contribution in [0.5, 0.6) is 0 Å². The van der Waals surface area contributed by atoms with Crippen LogP contribution >= 0.6 is 0 Å². The Labute approximate surface area is 107 Å². The predicted octanol–water partition coefficient (Wildman–Crippen LogP) is 2.23. The zero-order chi connectivity index (χ0) is 13.4. The summed E-state index contributed by atoms with van der Waals surface area (Å²) < 4.78 is 14.2. The van der Waals surface area contributed by atoms with E-state index in [1.54, 1.807) is 24.4 Å². The highest BCUT2D eigenvalue weighted by molar-refractivity contribution is 5.94. The van der Waals surface area contributed by atoms with Crippen LogP contribution in [-0.2, 0) is 0 Å². The van der Waals surface area contributed by atoms with Gasteiger partial charge in [0.2, 0.25) is 0 Å². The minimum atomic E-state index is -1.07. The topological polar surface area (TPSA) is 67.5 Å². The molecule has 19 heavy (non-hydrogen) atoms. The first-order valence-electron chi connectivity index (χ1n) is 5.50. The van der Waals surface area contributed by atoms with E-state index in [1.165, 1.54) is 22.7 Å². The number of halogens is 1. The van der Waals surface area contributed by atoms with Crippen LogP contribution in [0.4, 0.5) is 4.39 Å². The zero-order valence-electron chi connectivity index (χ0n) is 9.62. The normalized spacial score (nSPS) is 10.8. The monoisotopic (exact) mass is 257 g/mol. The van der Waals surface area contributed by atoms with Crippen molar-refractivity contribution in [2.75, 3.05) is 0 Å². The van der Waals surface area contributed by atoms with Gasteiger partial charge in [0, 0.05) is 11.8 Å². The molecule has 0 saturated carbocycles. The number of hydrogen-bond donors (Lipinski definition) is 1. The molecule has 0 bridgehead atoms. The highest BCUT2D eigenvalue weighted by Gasteiger charge is 2.13. The maximum absolute atomic E-state index is 12.9. The molecule has 2 aromatic heterocycles. The van der Waals surface area contributed by atoms with Crippen LogP contribution < -0.4 is 0 Å². The molecule has 0 aliphatic carbocycles. The summed E-state index contributed by atoms with van der Waals surface area (Å²) in [5.41, 5.74) is 0.958. The van der Waals surface area contributed by atoms with Crippen molar-refractivity contribution >= 4 is 11.6 Å². The molecule has 2 heterocycles. The highest BCUT2D eigenvalue weighted by Crippen LogP contribution is 2.18. The van der Waals surface area contributed by atoms with Gasteiger partial charge in [0.05, 0.1) is 0 Å². The standard InChI is InChI=1S/C13H8FN3O2/c14-9-5-3-8(4-6-9)11-15-12-10(13(18)19)2-1-7-17(12)16-11/h1-7H,(H,18,19). The second kappa shape index (κ2) is 4.16. The van der Waals surface area contributed by atoms with Gasteiger partial charge in [-0.25, -0.2) is 18.7 Å². The number of pyridine rings is 1. The first kappa shape index (κ1) is 11.3. The van der Waals surface area contributed by atoms with Crippen molar-refractivity contribution in [3.8, 4) is 11.4 Å². The second-order valence-electron chi connectivity index (χ2n) is 3.94. The van der Waals surface area contributed by atoms with E-state index in [9.17, 15) is 9.18 Å². The van der Waals surface area contributed by atoms with Crippen molar-refractivity contribution in [2.24, 2.45) is 0 Å². The number of carboxylic acids is 1. The van der Waals surface area contributed by atoms with Gasteiger partial charge in [-0.3, -0.25) is 0 Å². The largest absolute Gasteiger partial charge is 0.478 e. The predicted molar refractivity (Wildman–Crippen MR) is 65.3 cm³/mol. The fourth-order valence-corrected chi connectivity index (χ4v) is 1.79. The highest BCUT2D eigenvalue weighted by atomic mass is 19.1. The molecule has 0 saturated heterocycles. The Kier molecular flexibility index (Phi) is 2.49. The fraction of sp³-hybridized carbons (Fsp3) is 0. The summed E-state index contributed by atoms with van der Waals surface area (Å²) in [6.45, 7) is 0. The molecule has 3 rings (SSSR count). The Balaban J connectivity index is 2.19. The lowest BCUT2D eigenvalue weighted by molar-refractivity contribution is 0.0698. The number of fused-ring (bicyclic) bond motifs is 1. The molecular formula is C13H8FN3O2. The first-order chi connectivity index (χ1) is 9.15. The van der Waals surface area contributed by atoms with E-state index >= 15 is 0 Å². The molecule has 0 aliphatic heterocycles. The third-order valence-electron chi connectivity index (χ3n) is 2.70. The van der Waals surface area contributed by atoms with Crippen LogP contribution in [0, 0.1) is 5.82 Å². The molecule has 1 N–H and O–H groups in total. The van der Waals surface area contributed by atoms with Crippen molar-refractivity contribution in [3.05, 3.63) is 54.0 Å². The summed E-state index contributed by atoms with van der Waals surface area (Å²) in [5.74, 6) is -1.06. The third kappa shape index (κ3) is 1.93. The summed E-state index contributed by atoms with van der Waals surface area (Å²) >= 11 is 0. The lowest BCUT2D eigenvalue weighted by atomic mass is 10.2. The van der Waals surface area contributed by atoms with Crippen LogP contribution in [0.1, 0.15) is 10.4 Å². The number of carboxylic acid groups (broad SMARTS) is 1. The second-order valence-corrected chi connectivity index (χ2v) is 3.94. The summed E-state index contributed by atoms with van der Waals surface area (Å²) in [6, 6.07) is 8.74. The van der Waals surface area contributed by atoms with E-state index in [-0.39, 0.29) is 17.0 Å². The molecule has 94 valence electrons. The Bertz CT molecular complexity index is 765. The molecule has 0 fully saturated rings. The maximum Gasteiger partial charge on any atom is 0.339 e. The van der Waals surface area contributed by atoms with Gasteiger partial charge in [0.15, 0.2) is 11.5 Å². The lowest BCUT2D eigenvalue weighted by Crippen LogP contribution is -2.00. The van der Waals surface area contributed by atoms with Crippen molar-refractivity contribution < 1.29 is 14.3 Å². The molecule has 0 aliphatic rings. The minimum Gasteiger partial charge on any atom is -0.478 e. The molecule has 5 nitrogen and oxygen atoms in total. The molecule has 0 spiro atoms. The molecule has 0 unspecified atom stereocenters. The fourth-order valence-electron chi connectivity index (χ4n) is 1.79. The molecule has 6 heteroatoms. The van der Waals surface area contributed by atoms with E-state index in [1.807, 2.05) is 0 Å². The van der Waals surface area contributed by atoms with Crippen LogP contribution in [0.25, 0.3) is 17.0 Å². The third-order valence-corrected chi connectivity index (χ3v) is 2.70. The molecule has 0 amide bonds. The van der Waals surface area contributed by atoms with Gasteiger partial charge in [-0.1, -0.05) is 0 Å². The van der Waals surface area contributed by atoms with E-state index in [0.29, 0.717) is 11.4 Å². The SMILES string of the molecule is O=C(O)c1cccn2nc(-c3ccc(F)cc3)nc12. The Hall–Kier alpha value is -2.76. The molecule has 1 aromatic carbocycles. The summed E-state index contributed by atoms with van der Waals surface area (Å²) in [4.78, 5) is 15.3. The molecule has 0 radical (unpaired) electrons. The van der Waals surface area contributed by atoms with Gasteiger partial charge < -0.3 is 5.11 Å². The van der Waals surface area contributed by atoms with Gasteiger partial charge in [-0.05, 0) is 36.4 Å². The number of rotatable bonds is 2. The van der Waals surface area contributed by atoms with Crippen molar-refractivity contribution in [3.63, 3.8) is 0 Å². The van der Waals surface area contributed by atoms with E-state index in [4.69, 9.17) is 5.11 Å². The van der Waals surface area contributed by atoms with Crippen LogP contribution in [0.15, 0.2) is 42.6 Å². The first-order valence-corrected chi connectivity index (χ1v) is 5.50. The molecule has 0 atom stereocenters. The van der Waals surface area contributed by atoms with Crippen LogP contribution in [-0.4, -0.2) is 25.7 Å². The van der Waals surface area contributed by atoms with E-state index in [0.717, 1.165) is 0 Å². The number of hydrogen-bond acceptors (Lipinski definition) is 3. The maximum atomic E-state index is 12.9. The van der Waals surface area contributed by atoms with E-state index < -0.39 is 5.97 Å². The van der Waals surface area contributed by atoms with Gasteiger partial charge in [-0.2, -0.15) is 0 Å². The van der Waals surface area contributed by atoms with Gasteiger partial charge in [0.25, 0.3) is 0 Å². The van der Waals surface area contributed by atoms with Crippen LogP contribution in [0.3, 0.4) is 0 Å². The Morgan fingerprint density at radius 1 is 1.21 bits per heavy atom. The summed E-state index contributed by atoms with van der Waals surface area (Å²) in [5, 5.41) is 13.2. The van der Waals surface area contributed by atoms with Crippen molar-refractivity contribution in [1.29, 1.82) is 0 Å². The number of benzene rings is 1. The number of aromatic nitrogens is 3. The Morgan fingerprint density at radius 3 is 2.63 bits per heavy atom. The summed E-state index contributed by atoms with van der Waals surface area (Å²) in [7, 11) is 0. The molecular weight excluding hydrogens is 249 g/mol. The van der Waals surface area contributed by atoms with Gasteiger partial charge >= 0.3 is 5.97 Å². The van der Waals surface area contributed by atoms with Crippen molar-refractivity contribution in [1.82, 2.24) is 14.6 Å². The minimum absolute atomic E-state index is 0.0726. The van der Waals surface area contributed by atoms with E-state index in [2.05, 4.69) is 10.1 Å². The quantitative estimate of drug-likeness (QED) is 0.764. The number of nitrogens with zero attached hydrogens (tertiary/aromatic N) is 3. The average Bonchev–Trinajstić information content (AvgIpc) is 2.82. The zero-order valence-corrected chi connectivity index (χ0v) is 9.62. The smallest absolute Gasteiger partial charge is 0.339 e. The summed E-state index contributed by atoms with van der Waals surface area (Å²) in [6.07, 6.45) is 1.61. The average molecular weight is 257 g/mol. The molecule has 3 aromatic rings. The number of aromatic carboxylic acids is 1.